The molecule has 0 aliphatic carbocycles. The average molecular weight is 334 g/mol. The van der Waals surface area contributed by atoms with E-state index in [0.717, 1.165) is 0 Å². The third kappa shape index (κ3) is 5.81. The van der Waals surface area contributed by atoms with Gasteiger partial charge in [0.1, 0.15) is 19.0 Å². The van der Waals surface area contributed by atoms with Gasteiger partial charge in [0.05, 0.1) is 18.0 Å². The minimum Gasteiger partial charge on any atom is -0.369 e. The Morgan fingerprint density at radius 3 is 2.50 bits per heavy atom. The maximum Gasteiger partial charge on any atom is 0.250 e. The highest BCUT2D eigenvalue weighted by atomic mass is 19.1. The van der Waals surface area contributed by atoms with E-state index in [-0.39, 0.29) is 36.9 Å². The second-order valence-corrected chi connectivity index (χ2v) is 5.39. The van der Waals surface area contributed by atoms with Crippen LogP contribution in [0.25, 0.3) is 0 Å². The zero-order valence-corrected chi connectivity index (χ0v) is 13.5. The van der Waals surface area contributed by atoms with E-state index in [1.807, 2.05) is 13.8 Å². The van der Waals surface area contributed by atoms with Crippen molar-refractivity contribution in [2.75, 3.05) is 17.2 Å². The fraction of sp³-hybridized carbons (Fsp3) is 0.312. The molecule has 1 aromatic heterocycles. The SMILES string of the molecule is CC(C)OCC(=O)Nc1cnn(CC(=O)Nc2ccc(F)cc2)c1. The summed E-state index contributed by atoms with van der Waals surface area (Å²) in [7, 11) is 0. The molecule has 2 N–H and O–H groups in total. The van der Waals surface area contributed by atoms with Crippen LogP contribution in [0.15, 0.2) is 36.7 Å². The van der Waals surface area contributed by atoms with Crippen molar-refractivity contribution >= 4 is 23.2 Å². The van der Waals surface area contributed by atoms with Gasteiger partial charge in [-0.2, -0.15) is 5.10 Å². The van der Waals surface area contributed by atoms with E-state index in [0.29, 0.717) is 11.4 Å². The first-order valence-electron chi connectivity index (χ1n) is 7.41. The predicted molar refractivity (Wildman–Crippen MR) is 87.0 cm³/mol. The quantitative estimate of drug-likeness (QED) is 0.811. The molecule has 0 bridgehead atoms. The van der Waals surface area contributed by atoms with Gasteiger partial charge in [0.2, 0.25) is 11.8 Å². The van der Waals surface area contributed by atoms with Gasteiger partial charge in [0.25, 0.3) is 0 Å². The Morgan fingerprint density at radius 1 is 1.17 bits per heavy atom. The topological polar surface area (TPSA) is 85.2 Å². The Balaban J connectivity index is 1.83. The first-order valence-corrected chi connectivity index (χ1v) is 7.41. The van der Waals surface area contributed by atoms with Crippen molar-refractivity contribution in [3.8, 4) is 0 Å². The van der Waals surface area contributed by atoms with Crippen molar-refractivity contribution in [1.29, 1.82) is 0 Å². The molecule has 0 unspecified atom stereocenters. The van der Waals surface area contributed by atoms with Gasteiger partial charge < -0.3 is 15.4 Å². The van der Waals surface area contributed by atoms with Gasteiger partial charge >= 0.3 is 0 Å². The number of anilines is 2. The van der Waals surface area contributed by atoms with Crippen LogP contribution < -0.4 is 10.6 Å². The van der Waals surface area contributed by atoms with E-state index in [9.17, 15) is 14.0 Å². The number of nitrogens with one attached hydrogen (secondary N) is 2. The lowest BCUT2D eigenvalue weighted by Gasteiger charge is -2.07. The Kier molecular flexibility index (Phi) is 6.02. The first-order chi connectivity index (χ1) is 11.4. The molecule has 0 spiro atoms. The molecule has 0 atom stereocenters. The molecule has 0 radical (unpaired) electrons. The van der Waals surface area contributed by atoms with Gasteiger partial charge in [-0.15, -0.1) is 0 Å². The zero-order chi connectivity index (χ0) is 17.5. The van der Waals surface area contributed by atoms with Crippen LogP contribution in [0.3, 0.4) is 0 Å². The number of carbonyl (C=O) groups excluding carboxylic acids is 2. The summed E-state index contributed by atoms with van der Waals surface area (Å²) in [4.78, 5) is 23.5. The summed E-state index contributed by atoms with van der Waals surface area (Å²) >= 11 is 0. The molecule has 1 heterocycles. The highest BCUT2D eigenvalue weighted by molar-refractivity contribution is 5.92. The highest BCUT2D eigenvalue weighted by Gasteiger charge is 2.08. The Hall–Kier alpha value is -2.74. The smallest absolute Gasteiger partial charge is 0.250 e. The van der Waals surface area contributed by atoms with Crippen molar-refractivity contribution < 1.29 is 18.7 Å². The lowest BCUT2D eigenvalue weighted by Crippen LogP contribution is -2.20. The number of hydrogen-bond donors (Lipinski definition) is 2. The summed E-state index contributed by atoms with van der Waals surface area (Å²) in [5.74, 6) is -0.980. The molecule has 2 rings (SSSR count). The predicted octanol–water partition coefficient (Wildman–Crippen LogP) is 2.02. The van der Waals surface area contributed by atoms with E-state index in [1.165, 1.54) is 41.3 Å². The van der Waals surface area contributed by atoms with Crippen LogP contribution in [-0.2, 0) is 20.9 Å². The van der Waals surface area contributed by atoms with Gasteiger partial charge in [0.15, 0.2) is 0 Å². The fourth-order valence-corrected chi connectivity index (χ4v) is 1.83. The fourth-order valence-electron chi connectivity index (χ4n) is 1.83. The van der Waals surface area contributed by atoms with Crippen LogP contribution in [0.1, 0.15) is 13.8 Å². The average Bonchev–Trinajstić information content (AvgIpc) is 2.94. The van der Waals surface area contributed by atoms with E-state index in [4.69, 9.17) is 4.74 Å². The van der Waals surface area contributed by atoms with Crippen LogP contribution in [0, 0.1) is 5.82 Å². The monoisotopic (exact) mass is 334 g/mol. The summed E-state index contributed by atoms with van der Waals surface area (Å²) in [6.45, 7) is 3.60. The maximum atomic E-state index is 12.8. The lowest BCUT2D eigenvalue weighted by atomic mass is 10.3. The number of ether oxygens (including phenoxy) is 1. The summed E-state index contributed by atoms with van der Waals surface area (Å²) in [5, 5.41) is 9.25. The molecule has 0 aliphatic rings. The van der Waals surface area contributed by atoms with Crippen molar-refractivity contribution in [2.24, 2.45) is 0 Å². The number of benzene rings is 1. The van der Waals surface area contributed by atoms with Crippen LogP contribution >= 0.6 is 0 Å². The van der Waals surface area contributed by atoms with Gasteiger partial charge in [-0.3, -0.25) is 14.3 Å². The maximum absolute atomic E-state index is 12.8. The number of amides is 2. The molecule has 0 fully saturated rings. The standard InChI is InChI=1S/C16H19FN4O3/c1-11(2)24-10-16(23)20-14-7-18-21(8-14)9-15(22)19-13-5-3-12(17)4-6-13/h3-8,11H,9-10H2,1-2H3,(H,19,22)(H,20,23). The minimum atomic E-state index is -0.373. The van der Waals surface area contributed by atoms with Crippen molar-refractivity contribution in [2.45, 2.75) is 26.5 Å². The second kappa shape index (κ2) is 8.21. The number of hydrogen-bond acceptors (Lipinski definition) is 4. The first kappa shape index (κ1) is 17.6. The molecule has 8 heteroatoms. The third-order valence-corrected chi connectivity index (χ3v) is 2.90. The second-order valence-electron chi connectivity index (χ2n) is 5.39. The number of rotatable bonds is 7. The summed E-state index contributed by atoms with van der Waals surface area (Å²) in [6.07, 6.45) is 2.95. The van der Waals surface area contributed by atoms with E-state index in [1.54, 1.807) is 0 Å². The molecular weight excluding hydrogens is 315 g/mol. The number of nitrogens with zero attached hydrogens (tertiary/aromatic N) is 2. The van der Waals surface area contributed by atoms with Gasteiger partial charge in [-0.05, 0) is 38.1 Å². The van der Waals surface area contributed by atoms with Gasteiger partial charge in [0, 0.05) is 11.9 Å². The lowest BCUT2D eigenvalue weighted by molar-refractivity contribution is -0.122. The van der Waals surface area contributed by atoms with Gasteiger partial charge in [-0.25, -0.2) is 4.39 Å². The molecule has 0 saturated heterocycles. The number of halogens is 1. The van der Waals surface area contributed by atoms with Crippen LogP contribution in [0.4, 0.5) is 15.8 Å². The van der Waals surface area contributed by atoms with Crippen molar-refractivity contribution in [3.05, 3.63) is 42.5 Å². The largest absolute Gasteiger partial charge is 0.369 e. The molecule has 0 saturated carbocycles. The van der Waals surface area contributed by atoms with Crippen LogP contribution in [0.2, 0.25) is 0 Å². The summed E-state index contributed by atoms with van der Waals surface area (Å²) in [6, 6.07) is 5.46. The normalized spacial score (nSPS) is 10.7. The van der Waals surface area contributed by atoms with E-state index < -0.39 is 0 Å². The Morgan fingerprint density at radius 2 is 1.83 bits per heavy atom. The Labute approximate surface area is 138 Å². The molecule has 24 heavy (non-hydrogen) atoms. The van der Waals surface area contributed by atoms with Crippen molar-refractivity contribution in [3.63, 3.8) is 0 Å². The van der Waals surface area contributed by atoms with Crippen molar-refractivity contribution in [1.82, 2.24) is 9.78 Å². The molecule has 1 aromatic carbocycles. The summed E-state index contributed by atoms with van der Waals surface area (Å²) in [5.41, 5.74) is 0.967. The molecule has 2 amide bonds. The molecule has 128 valence electrons. The number of aromatic nitrogens is 2. The van der Waals surface area contributed by atoms with E-state index in [2.05, 4.69) is 15.7 Å². The van der Waals surface area contributed by atoms with E-state index >= 15 is 0 Å². The van der Waals surface area contributed by atoms with Gasteiger partial charge in [-0.1, -0.05) is 0 Å². The molecule has 7 nitrogen and oxygen atoms in total. The molecule has 0 aliphatic heterocycles. The third-order valence-electron chi connectivity index (χ3n) is 2.90. The Bertz CT molecular complexity index is 698. The molecule has 2 aromatic rings. The molecular formula is C16H19FN4O3. The zero-order valence-electron chi connectivity index (χ0n) is 13.5. The van der Waals surface area contributed by atoms with Crippen LogP contribution in [-0.4, -0.2) is 34.3 Å². The summed E-state index contributed by atoms with van der Waals surface area (Å²) < 4.78 is 19.4. The number of carbonyl (C=O) groups is 2. The highest BCUT2D eigenvalue weighted by Crippen LogP contribution is 2.09. The minimum absolute atomic E-state index is 0.0320. The van der Waals surface area contributed by atoms with Crippen LogP contribution in [0.5, 0.6) is 0 Å².